The van der Waals surface area contributed by atoms with Gasteiger partial charge in [0.05, 0.1) is 6.10 Å². The molecule has 0 aromatic rings. The number of ether oxygens (including phenoxy) is 3. The summed E-state index contributed by atoms with van der Waals surface area (Å²) >= 11 is 0. The van der Waals surface area contributed by atoms with Crippen LogP contribution in [0.25, 0.3) is 0 Å². The summed E-state index contributed by atoms with van der Waals surface area (Å²) in [4.78, 5) is 50.5. The molecular formula is C28H36O7. The number of carbonyl (C=O) groups excluding carboxylic acids is 4. The van der Waals surface area contributed by atoms with E-state index < -0.39 is 35.2 Å². The maximum atomic E-state index is 13.9. The number of allylic oxidation sites excluding steroid dienone is 2. The van der Waals surface area contributed by atoms with Crippen LogP contribution >= 0.6 is 0 Å². The van der Waals surface area contributed by atoms with Crippen LogP contribution in [0.4, 0.5) is 0 Å². The van der Waals surface area contributed by atoms with Gasteiger partial charge in [-0.25, -0.2) is 0 Å². The van der Waals surface area contributed by atoms with Crippen LogP contribution in [0.5, 0.6) is 0 Å². The molecular weight excluding hydrogens is 448 g/mol. The normalized spacial score (nSPS) is 44.8. The third-order valence-corrected chi connectivity index (χ3v) is 10.1. The first-order valence-corrected chi connectivity index (χ1v) is 13.0. The topological polar surface area (TPSA) is 99.3 Å². The van der Waals surface area contributed by atoms with Crippen molar-refractivity contribution in [3.8, 4) is 0 Å². The Kier molecular flexibility index (Phi) is 5.48. The standard InChI is InChI=1S/C28H36O7/c1-6-23(31)33-15-21(30)27(35-24(32)7-2)16(3)12-20-19-9-8-17-13-18(29)10-11-25(17,4)28(19)22(34-28)14-26(20,27)5/h10-11,13,16,19-20,22H,6-9,12,14-15H2,1-5H3/t16-,19-,20-,22?,25-,26-,27-,28+/m0/s1. The molecule has 0 radical (unpaired) electrons. The second-order valence-electron chi connectivity index (χ2n) is 11.5. The van der Waals surface area contributed by atoms with Crippen LogP contribution in [0.3, 0.4) is 0 Å². The molecule has 1 saturated heterocycles. The maximum absolute atomic E-state index is 13.9. The van der Waals surface area contributed by atoms with Crippen molar-refractivity contribution in [2.24, 2.45) is 28.6 Å². The second-order valence-corrected chi connectivity index (χ2v) is 11.5. The Balaban J connectivity index is 1.55. The van der Waals surface area contributed by atoms with Gasteiger partial charge in [0.1, 0.15) is 5.60 Å². The lowest BCUT2D eigenvalue weighted by Crippen LogP contribution is -2.63. The van der Waals surface area contributed by atoms with Crippen molar-refractivity contribution in [3.05, 3.63) is 23.8 Å². The Morgan fingerprint density at radius 1 is 1.11 bits per heavy atom. The fourth-order valence-corrected chi connectivity index (χ4v) is 8.44. The van der Waals surface area contributed by atoms with Gasteiger partial charge < -0.3 is 14.2 Å². The molecule has 1 unspecified atom stereocenters. The fourth-order valence-electron chi connectivity index (χ4n) is 8.44. The Bertz CT molecular complexity index is 1060. The Labute approximate surface area is 206 Å². The van der Waals surface area contributed by atoms with Gasteiger partial charge in [0.2, 0.25) is 5.78 Å². The minimum Gasteiger partial charge on any atom is -0.457 e. The minimum absolute atomic E-state index is 0.0254. The fraction of sp³-hybridized carbons (Fsp3) is 0.714. The summed E-state index contributed by atoms with van der Waals surface area (Å²) in [5, 5.41) is 0. The van der Waals surface area contributed by atoms with E-state index in [-0.39, 0.29) is 53.7 Å². The lowest BCUT2D eigenvalue weighted by Gasteiger charge is -2.56. The van der Waals surface area contributed by atoms with Gasteiger partial charge in [-0.15, -0.1) is 0 Å². The molecule has 4 aliphatic carbocycles. The highest BCUT2D eigenvalue weighted by atomic mass is 16.6. The number of esters is 2. The molecule has 7 nitrogen and oxygen atoms in total. The predicted molar refractivity (Wildman–Crippen MR) is 126 cm³/mol. The van der Waals surface area contributed by atoms with E-state index >= 15 is 0 Å². The number of rotatable bonds is 6. The van der Waals surface area contributed by atoms with Gasteiger partial charge in [0.25, 0.3) is 0 Å². The molecule has 4 fully saturated rings. The average molecular weight is 485 g/mol. The lowest BCUT2D eigenvalue weighted by atomic mass is 9.46. The molecule has 35 heavy (non-hydrogen) atoms. The van der Waals surface area contributed by atoms with Gasteiger partial charge in [0, 0.05) is 29.6 Å². The second kappa shape index (κ2) is 7.86. The molecule has 1 heterocycles. The van der Waals surface area contributed by atoms with Crippen molar-refractivity contribution in [1.82, 2.24) is 0 Å². The lowest BCUT2D eigenvalue weighted by molar-refractivity contribution is -0.194. The molecule has 7 heteroatoms. The Morgan fingerprint density at radius 3 is 2.51 bits per heavy atom. The van der Waals surface area contributed by atoms with Gasteiger partial charge in [-0.05, 0) is 56.6 Å². The molecule has 0 aromatic carbocycles. The molecule has 0 bridgehead atoms. The number of carbonyl (C=O) groups is 4. The van der Waals surface area contributed by atoms with Crippen molar-refractivity contribution in [3.63, 3.8) is 0 Å². The first kappa shape index (κ1) is 24.4. The van der Waals surface area contributed by atoms with E-state index in [9.17, 15) is 19.2 Å². The number of hydrogen-bond donors (Lipinski definition) is 0. The van der Waals surface area contributed by atoms with Gasteiger partial charge in [-0.2, -0.15) is 0 Å². The first-order chi connectivity index (χ1) is 16.5. The van der Waals surface area contributed by atoms with Gasteiger partial charge in [-0.3, -0.25) is 19.2 Å². The van der Waals surface area contributed by atoms with Crippen molar-refractivity contribution in [2.45, 2.75) is 90.4 Å². The number of ketones is 2. The SMILES string of the molecule is CCC(=O)OCC(=O)[C@@]1(OC(=O)CC)[C@@H](C)C[C@H]2[C@@H]3CCC4=CC(=O)C=C[C@]4(C)[C@@]34OC4C[C@@]21C. The molecule has 0 N–H and O–H groups in total. The van der Waals surface area contributed by atoms with E-state index in [1.807, 2.05) is 13.0 Å². The number of Topliss-reactive ketones (excluding diaryl/α,β-unsaturated/α-hetero) is 1. The molecule has 190 valence electrons. The quantitative estimate of drug-likeness (QED) is 0.417. The minimum atomic E-state index is -1.37. The van der Waals surface area contributed by atoms with Crippen LogP contribution in [0.1, 0.15) is 73.1 Å². The summed E-state index contributed by atoms with van der Waals surface area (Å²) in [6, 6.07) is 0. The van der Waals surface area contributed by atoms with E-state index in [0.717, 1.165) is 24.8 Å². The Hall–Kier alpha value is -2.28. The third-order valence-electron chi connectivity index (χ3n) is 10.1. The van der Waals surface area contributed by atoms with Crippen LogP contribution < -0.4 is 0 Å². The molecule has 1 aliphatic heterocycles. The van der Waals surface area contributed by atoms with Crippen molar-refractivity contribution in [2.75, 3.05) is 6.61 Å². The van der Waals surface area contributed by atoms with E-state index in [0.29, 0.717) is 6.42 Å². The monoisotopic (exact) mass is 484 g/mol. The van der Waals surface area contributed by atoms with E-state index in [4.69, 9.17) is 14.2 Å². The zero-order chi connectivity index (χ0) is 25.4. The number of fused-ring (bicyclic) bond motifs is 3. The summed E-state index contributed by atoms with van der Waals surface area (Å²) in [6.07, 6.45) is 8.66. The van der Waals surface area contributed by atoms with Gasteiger partial charge in [0.15, 0.2) is 18.0 Å². The van der Waals surface area contributed by atoms with Crippen molar-refractivity contribution in [1.29, 1.82) is 0 Å². The smallest absolute Gasteiger partial charge is 0.306 e. The zero-order valence-corrected chi connectivity index (χ0v) is 21.3. The van der Waals surface area contributed by atoms with Crippen LogP contribution in [0.2, 0.25) is 0 Å². The molecule has 5 aliphatic rings. The number of hydrogen-bond acceptors (Lipinski definition) is 7. The van der Waals surface area contributed by atoms with Crippen molar-refractivity contribution < 1.29 is 33.4 Å². The summed E-state index contributed by atoms with van der Waals surface area (Å²) < 4.78 is 18.0. The van der Waals surface area contributed by atoms with Crippen LogP contribution in [0.15, 0.2) is 23.8 Å². The molecule has 5 rings (SSSR count). The van der Waals surface area contributed by atoms with Gasteiger partial charge in [-0.1, -0.05) is 39.3 Å². The highest BCUT2D eigenvalue weighted by molar-refractivity contribution is 6.01. The maximum Gasteiger partial charge on any atom is 0.306 e. The van der Waals surface area contributed by atoms with Crippen LogP contribution in [-0.4, -0.2) is 47.4 Å². The van der Waals surface area contributed by atoms with Crippen LogP contribution in [-0.2, 0) is 33.4 Å². The zero-order valence-electron chi connectivity index (χ0n) is 21.3. The summed E-state index contributed by atoms with van der Waals surface area (Å²) in [5.74, 6) is -1.14. The summed E-state index contributed by atoms with van der Waals surface area (Å²) in [5.41, 5.74) is -1.64. The molecule has 0 aromatic heterocycles. The average Bonchev–Trinajstić information content (AvgIpc) is 3.50. The summed E-state index contributed by atoms with van der Waals surface area (Å²) in [7, 11) is 0. The third kappa shape index (κ3) is 3.00. The predicted octanol–water partition coefficient (Wildman–Crippen LogP) is 3.89. The molecule has 1 spiro atoms. The van der Waals surface area contributed by atoms with Crippen LogP contribution in [0, 0.1) is 28.6 Å². The molecule has 3 saturated carbocycles. The molecule has 8 atom stereocenters. The highest BCUT2D eigenvalue weighted by Gasteiger charge is 2.83. The first-order valence-electron chi connectivity index (χ1n) is 13.0. The van der Waals surface area contributed by atoms with E-state index in [2.05, 4.69) is 13.8 Å². The van der Waals surface area contributed by atoms with Crippen molar-refractivity contribution >= 4 is 23.5 Å². The Morgan fingerprint density at radius 2 is 1.83 bits per heavy atom. The van der Waals surface area contributed by atoms with E-state index in [1.165, 1.54) is 0 Å². The largest absolute Gasteiger partial charge is 0.457 e. The van der Waals surface area contributed by atoms with E-state index in [1.54, 1.807) is 26.0 Å². The summed E-state index contributed by atoms with van der Waals surface area (Å²) in [6.45, 7) is 9.24. The molecule has 0 amide bonds. The number of epoxide rings is 1. The van der Waals surface area contributed by atoms with Gasteiger partial charge >= 0.3 is 11.9 Å². The highest BCUT2D eigenvalue weighted by Crippen LogP contribution is 2.77.